The first kappa shape index (κ1) is 74.5. The van der Waals surface area contributed by atoms with Gasteiger partial charge in [-0.1, -0.05) is 348 Å². The number of amides is 1. The molecule has 450 valence electrons. The van der Waals surface area contributed by atoms with E-state index in [1.54, 1.807) is 0 Å². The Bertz CT molecular complexity index is 1180. The predicted octanol–water partition coefficient (Wildman–Crippen LogP) is 20.5. The summed E-state index contributed by atoms with van der Waals surface area (Å²) in [5.41, 5.74) is 0. The number of hydrogen-bond acceptors (Lipinski definition) is 6. The minimum Gasteiger partial charge on any atom is -0.756 e. The molecule has 0 aliphatic carbocycles. The fourth-order valence-electron chi connectivity index (χ4n) is 10.8. The highest BCUT2D eigenvalue weighted by molar-refractivity contribution is 7.45. The van der Waals surface area contributed by atoms with Crippen LogP contribution in [-0.2, 0) is 18.4 Å². The third-order valence-electron chi connectivity index (χ3n) is 16.1. The van der Waals surface area contributed by atoms with E-state index >= 15 is 0 Å². The number of carbonyl (C=O) groups is 1. The SMILES string of the molecule is CCCCCCCCCCCCCCCCCCCCCCCCCCCCCCCCC(=O)NC(COP(=O)([O-])OCC[N+](C)(C)C)C(O)CCCCCCCCCCCCCCCCCCCCCCCCC. The first-order chi connectivity index (χ1) is 36.5. The van der Waals surface area contributed by atoms with Crippen molar-refractivity contribution in [2.45, 2.75) is 379 Å². The second-order valence-electron chi connectivity index (χ2n) is 24.9. The van der Waals surface area contributed by atoms with Crippen LogP contribution in [0, 0.1) is 0 Å². The highest BCUT2D eigenvalue weighted by atomic mass is 31.2. The molecule has 0 fully saturated rings. The monoisotopic (exact) mass is 1080 g/mol. The standard InChI is InChI=1S/C66H135N2O6P/c1-6-8-10-12-14-16-18-20-22-24-26-28-30-31-32-33-34-35-36-38-40-42-44-46-48-50-52-54-56-58-60-66(70)67-64(63-74-75(71,72)73-62-61-68(3,4)5)65(69)59-57-55-53-51-49-47-45-43-41-39-37-29-27-25-23-21-19-17-15-13-11-9-7-2/h64-65,69H,6-63H2,1-5H3,(H-,67,70,71,72). The number of nitrogens with one attached hydrogen (secondary N) is 1. The van der Waals surface area contributed by atoms with Crippen LogP contribution in [0.3, 0.4) is 0 Å². The van der Waals surface area contributed by atoms with Crippen molar-refractivity contribution >= 4 is 13.7 Å². The molecule has 1 amide bonds. The highest BCUT2D eigenvalue weighted by Gasteiger charge is 2.24. The topological polar surface area (TPSA) is 108 Å². The number of carbonyl (C=O) groups excluding carboxylic acids is 1. The minimum absolute atomic E-state index is 0.0169. The van der Waals surface area contributed by atoms with Crippen LogP contribution in [0.1, 0.15) is 367 Å². The van der Waals surface area contributed by atoms with Crippen molar-refractivity contribution in [3.05, 3.63) is 0 Å². The molecular weight excluding hydrogens is 948 g/mol. The van der Waals surface area contributed by atoms with E-state index in [0.29, 0.717) is 23.9 Å². The lowest BCUT2D eigenvalue weighted by Gasteiger charge is -2.30. The average molecular weight is 1080 g/mol. The van der Waals surface area contributed by atoms with Crippen LogP contribution < -0.4 is 10.2 Å². The number of rotatable bonds is 64. The summed E-state index contributed by atoms with van der Waals surface area (Å²) in [6.07, 6.45) is 71.7. The van der Waals surface area contributed by atoms with Crippen LogP contribution in [0.2, 0.25) is 0 Å². The van der Waals surface area contributed by atoms with Crippen LogP contribution in [0.15, 0.2) is 0 Å². The fraction of sp³-hybridized carbons (Fsp3) is 0.985. The fourth-order valence-corrected chi connectivity index (χ4v) is 11.5. The lowest BCUT2D eigenvalue weighted by molar-refractivity contribution is -0.870. The molecule has 9 heteroatoms. The lowest BCUT2D eigenvalue weighted by Crippen LogP contribution is -2.46. The summed E-state index contributed by atoms with van der Waals surface area (Å²) in [5.74, 6) is -0.154. The Morgan fingerprint density at radius 3 is 0.907 bits per heavy atom. The molecule has 0 aliphatic heterocycles. The van der Waals surface area contributed by atoms with Gasteiger partial charge in [0.05, 0.1) is 39.9 Å². The third kappa shape index (κ3) is 61.0. The van der Waals surface area contributed by atoms with Gasteiger partial charge in [-0.25, -0.2) is 0 Å². The molecule has 0 aliphatic rings. The van der Waals surface area contributed by atoms with E-state index in [-0.39, 0.29) is 19.1 Å². The first-order valence-electron chi connectivity index (χ1n) is 33.9. The van der Waals surface area contributed by atoms with E-state index in [9.17, 15) is 19.4 Å². The summed E-state index contributed by atoms with van der Waals surface area (Å²) >= 11 is 0. The number of quaternary nitrogens is 1. The minimum atomic E-state index is -4.57. The number of likely N-dealkylation sites (N-methyl/N-ethyl adjacent to an activating group) is 1. The summed E-state index contributed by atoms with van der Waals surface area (Å²) in [5, 5.41) is 14.1. The zero-order valence-corrected chi connectivity index (χ0v) is 52.4. The van der Waals surface area contributed by atoms with Crippen molar-refractivity contribution < 1.29 is 32.9 Å². The van der Waals surface area contributed by atoms with Crippen LogP contribution in [0.4, 0.5) is 0 Å². The van der Waals surface area contributed by atoms with Gasteiger partial charge in [-0.05, 0) is 12.8 Å². The maximum absolute atomic E-state index is 13.0. The Hall–Kier alpha value is -0.500. The van der Waals surface area contributed by atoms with E-state index in [1.165, 1.54) is 302 Å². The number of phosphoric ester groups is 1. The Morgan fingerprint density at radius 1 is 0.413 bits per heavy atom. The van der Waals surface area contributed by atoms with Gasteiger partial charge in [0.2, 0.25) is 5.91 Å². The highest BCUT2D eigenvalue weighted by Crippen LogP contribution is 2.38. The van der Waals surface area contributed by atoms with Crippen LogP contribution in [0.5, 0.6) is 0 Å². The smallest absolute Gasteiger partial charge is 0.268 e. The zero-order valence-electron chi connectivity index (χ0n) is 51.5. The number of phosphoric acid groups is 1. The van der Waals surface area contributed by atoms with Gasteiger partial charge in [0.1, 0.15) is 13.2 Å². The maximum atomic E-state index is 13.0. The molecule has 0 saturated carbocycles. The van der Waals surface area contributed by atoms with Crippen LogP contribution in [-0.4, -0.2) is 68.5 Å². The quantitative estimate of drug-likeness (QED) is 0.0357. The third-order valence-corrected chi connectivity index (χ3v) is 17.1. The number of unbranched alkanes of at least 4 members (excludes halogenated alkanes) is 51. The molecule has 8 nitrogen and oxygen atoms in total. The lowest BCUT2D eigenvalue weighted by atomic mass is 10.0. The Labute approximate surface area is 470 Å². The summed E-state index contributed by atoms with van der Waals surface area (Å²) < 4.78 is 23.5. The zero-order chi connectivity index (χ0) is 54.9. The Kier molecular flexibility index (Phi) is 57.8. The van der Waals surface area contributed by atoms with Crippen molar-refractivity contribution in [1.29, 1.82) is 0 Å². The first-order valence-corrected chi connectivity index (χ1v) is 35.3. The molecule has 0 bridgehead atoms. The molecular formula is C66H135N2O6P. The number of hydrogen-bond donors (Lipinski definition) is 2. The Morgan fingerprint density at radius 2 is 0.653 bits per heavy atom. The number of nitrogens with zero attached hydrogens (tertiary/aromatic N) is 1. The van der Waals surface area contributed by atoms with E-state index in [4.69, 9.17) is 9.05 Å². The van der Waals surface area contributed by atoms with Crippen molar-refractivity contribution in [3.8, 4) is 0 Å². The van der Waals surface area contributed by atoms with E-state index < -0.39 is 20.0 Å². The summed E-state index contributed by atoms with van der Waals surface area (Å²) in [4.78, 5) is 25.6. The molecule has 0 rings (SSSR count). The molecule has 0 aromatic carbocycles. The molecule has 0 spiro atoms. The van der Waals surface area contributed by atoms with Gasteiger partial charge >= 0.3 is 0 Å². The van der Waals surface area contributed by atoms with Gasteiger partial charge in [0, 0.05) is 6.42 Å². The second kappa shape index (κ2) is 58.2. The van der Waals surface area contributed by atoms with Crippen molar-refractivity contribution in [2.75, 3.05) is 40.9 Å². The molecule has 2 N–H and O–H groups in total. The van der Waals surface area contributed by atoms with Crippen molar-refractivity contribution in [2.24, 2.45) is 0 Å². The Balaban J connectivity index is 3.99. The summed E-state index contributed by atoms with van der Waals surface area (Å²) in [7, 11) is 1.33. The van der Waals surface area contributed by atoms with E-state index in [1.807, 2.05) is 21.1 Å². The largest absolute Gasteiger partial charge is 0.756 e. The molecule has 0 saturated heterocycles. The molecule has 0 heterocycles. The van der Waals surface area contributed by atoms with E-state index in [0.717, 1.165) is 38.5 Å². The van der Waals surface area contributed by atoms with Gasteiger partial charge in [-0.2, -0.15) is 0 Å². The molecule has 0 aromatic heterocycles. The molecule has 75 heavy (non-hydrogen) atoms. The summed E-state index contributed by atoms with van der Waals surface area (Å²) in [6, 6.07) is -0.796. The number of aliphatic hydroxyl groups is 1. The van der Waals surface area contributed by atoms with Crippen molar-refractivity contribution in [1.82, 2.24) is 5.32 Å². The molecule has 0 radical (unpaired) electrons. The normalized spacial score (nSPS) is 13.6. The second-order valence-corrected chi connectivity index (χ2v) is 26.3. The van der Waals surface area contributed by atoms with Gasteiger partial charge in [-0.15, -0.1) is 0 Å². The van der Waals surface area contributed by atoms with Gasteiger partial charge in [-0.3, -0.25) is 9.36 Å². The molecule has 3 atom stereocenters. The van der Waals surface area contributed by atoms with Crippen molar-refractivity contribution in [3.63, 3.8) is 0 Å². The van der Waals surface area contributed by atoms with Gasteiger partial charge in [0.25, 0.3) is 7.82 Å². The predicted molar refractivity (Wildman–Crippen MR) is 326 cm³/mol. The van der Waals surface area contributed by atoms with E-state index in [2.05, 4.69) is 19.2 Å². The average Bonchev–Trinajstić information content (AvgIpc) is 3.37. The summed E-state index contributed by atoms with van der Waals surface area (Å²) in [6.45, 7) is 4.80. The van der Waals surface area contributed by atoms with Crippen LogP contribution in [0.25, 0.3) is 0 Å². The number of aliphatic hydroxyl groups excluding tert-OH is 1. The maximum Gasteiger partial charge on any atom is 0.268 e. The van der Waals surface area contributed by atoms with Crippen LogP contribution >= 0.6 is 7.82 Å². The molecule has 3 unspecified atom stereocenters. The van der Waals surface area contributed by atoms with Gasteiger partial charge < -0.3 is 28.8 Å². The molecule has 0 aromatic rings. The van der Waals surface area contributed by atoms with Gasteiger partial charge in [0.15, 0.2) is 0 Å².